The Morgan fingerprint density at radius 3 is 2.40 bits per heavy atom. The quantitative estimate of drug-likeness (QED) is 0.581. The molecule has 1 aliphatic carbocycles. The number of halogens is 2. The largest absolute Gasteiger partial charge is 0.243 e. The number of rotatable bonds is 1. The van der Waals surface area contributed by atoms with Crippen LogP contribution in [-0.4, -0.2) is 11.0 Å². The third kappa shape index (κ3) is 1.94. The first kappa shape index (κ1) is 8.51. The molecule has 0 nitrogen and oxygen atoms in total. The summed E-state index contributed by atoms with van der Waals surface area (Å²) < 4.78 is 13.4. The molecule has 0 heterocycles. The van der Waals surface area contributed by atoms with E-state index in [1.165, 1.54) is 0 Å². The molecular weight excluding hydrogens is 195 g/mol. The number of hydrogen-bond acceptors (Lipinski definition) is 0. The van der Waals surface area contributed by atoms with Crippen LogP contribution in [0.1, 0.15) is 32.6 Å². The van der Waals surface area contributed by atoms with Crippen LogP contribution in [0.2, 0.25) is 0 Å². The van der Waals surface area contributed by atoms with Crippen molar-refractivity contribution in [2.24, 2.45) is 5.92 Å². The lowest BCUT2D eigenvalue weighted by Gasteiger charge is -2.30. The molecule has 0 aromatic rings. The molecule has 0 aromatic carbocycles. The smallest absolute Gasteiger partial charge is 0.120 e. The number of hydrogen-bond donors (Lipinski definition) is 0. The SMILES string of the molecule is CC1CCC(F)(CBr)CC1. The molecule has 10 heavy (non-hydrogen) atoms. The molecule has 1 rings (SSSR count). The van der Waals surface area contributed by atoms with Gasteiger partial charge in [-0.05, 0) is 31.6 Å². The molecule has 0 aromatic heterocycles. The predicted octanol–water partition coefficient (Wildman–Crippen LogP) is 3.30. The maximum Gasteiger partial charge on any atom is 0.120 e. The summed E-state index contributed by atoms with van der Waals surface area (Å²) in [6.07, 6.45) is 3.61. The Balaban J connectivity index is 2.38. The summed E-state index contributed by atoms with van der Waals surface area (Å²) in [6, 6.07) is 0. The van der Waals surface area contributed by atoms with Crippen molar-refractivity contribution >= 4 is 15.9 Å². The van der Waals surface area contributed by atoms with Crippen LogP contribution in [-0.2, 0) is 0 Å². The van der Waals surface area contributed by atoms with Crippen LogP contribution in [0.5, 0.6) is 0 Å². The van der Waals surface area contributed by atoms with Gasteiger partial charge in [0.05, 0.1) is 0 Å². The Morgan fingerprint density at radius 2 is 2.00 bits per heavy atom. The van der Waals surface area contributed by atoms with Crippen molar-refractivity contribution in [3.05, 3.63) is 0 Å². The fourth-order valence-electron chi connectivity index (χ4n) is 1.41. The van der Waals surface area contributed by atoms with Gasteiger partial charge in [0.25, 0.3) is 0 Å². The van der Waals surface area contributed by atoms with Crippen LogP contribution >= 0.6 is 15.9 Å². The lowest BCUT2D eigenvalue weighted by atomic mass is 9.82. The monoisotopic (exact) mass is 208 g/mol. The van der Waals surface area contributed by atoms with Crippen LogP contribution in [0.25, 0.3) is 0 Å². The molecule has 0 spiro atoms. The second-order valence-electron chi connectivity index (χ2n) is 3.47. The molecule has 0 atom stereocenters. The second kappa shape index (κ2) is 3.21. The van der Waals surface area contributed by atoms with Crippen molar-refractivity contribution in [3.63, 3.8) is 0 Å². The maximum absolute atomic E-state index is 13.4. The van der Waals surface area contributed by atoms with Gasteiger partial charge < -0.3 is 0 Å². The van der Waals surface area contributed by atoms with Gasteiger partial charge in [-0.1, -0.05) is 22.9 Å². The van der Waals surface area contributed by atoms with Crippen molar-refractivity contribution in [3.8, 4) is 0 Å². The predicted molar refractivity (Wildman–Crippen MR) is 45.3 cm³/mol. The topological polar surface area (TPSA) is 0 Å². The normalized spacial score (nSPS) is 41.7. The zero-order chi connectivity index (χ0) is 7.61. The average Bonchev–Trinajstić information content (AvgIpc) is 1.96. The van der Waals surface area contributed by atoms with E-state index in [1.54, 1.807) is 0 Å². The molecule has 1 saturated carbocycles. The molecule has 0 radical (unpaired) electrons. The van der Waals surface area contributed by atoms with E-state index < -0.39 is 5.67 Å². The van der Waals surface area contributed by atoms with Gasteiger partial charge in [0.2, 0.25) is 0 Å². The van der Waals surface area contributed by atoms with E-state index in [1.807, 2.05) is 0 Å². The highest BCUT2D eigenvalue weighted by Crippen LogP contribution is 2.35. The summed E-state index contributed by atoms with van der Waals surface area (Å²) in [7, 11) is 0. The third-order valence-electron chi connectivity index (χ3n) is 2.41. The Bertz CT molecular complexity index is 106. The van der Waals surface area contributed by atoms with Crippen molar-refractivity contribution in [2.45, 2.75) is 38.3 Å². The summed E-state index contributed by atoms with van der Waals surface area (Å²) in [4.78, 5) is 0. The molecule has 1 fully saturated rings. The minimum Gasteiger partial charge on any atom is -0.243 e. The van der Waals surface area contributed by atoms with E-state index in [0.29, 0.717) is 5.33 Å². The molecule has 2 heteroatoms. The van der Waals surface area contributed by atoms with Gasteiger partial charge in [-0.3, -0.25) is 0 Å². The van der Waals surface area contributed by atoms with Crippen LogP contribution in [0.4, 0.5) is 4.39 Å². The lowest BCUT2D eigenvalue weighted by molar-refractivity contribution is 0.114. The van der Waals surface area contributed by atoms with Crippen molar-refractivity contribution in [1.82, 2.24) is 0 Å². The average molecular weight is 209 g/mol. The lowest BCUT2D eigenvalue weighted by Crippen LogP contribution is -2.30. The van der Waals surface area contributed by atoms with E-state index >= 15 is 0 Å². The van der Waals surface area contributed by atoms with Gasteiger partial charge in [-0.25, -0.2) is 4.39 Å². The van der Waals surface area contributed by atoms with Crippen LogP contribution < -0.4 is 0 Å². The van der Waals surface area contributed by atoms with Crippen LogP contribution in [0, 0.1) is 5.92 Å². The van der Waals surface area contributed by atoms with E-state index in [-0.39, 0.29) is 0 Å². The van der Waals surface area contributed by atoms with Gasteiger partial charge >= 0.3 is 0 Å². The van der Waals surface area contributed by atoms with Gasteiger partial charge in [0, 0.05) is 5.33 Å². The summed E-state index contributed by atoms with van der Waals surface area (Å²) in [5.74, 6) is 0.739. The maximum atomic E-state index is 13.4. The van der Waals surface area contributed by atoms with Gasteiger partial charge in [0.15, 0.2) is 0 Å². The zero-order valence-electron chi connectivity index (χ0n) is 6.37. The van der Waals surface area contributed by atoms with Crippen molar-refractivity contribution < 1.29 is 4.39 Å². The highest BCUT2D eigenvalue weighted by atomic mass is 79.9. The van der Waals surface area contributed by atoms with E-state index in [9.17, 15) is 4.39 Å². The van der Waals surface area contributed by atoms with E-state index in [4.69, 9.17) is 0 Å². The minimum absolute atomic E-state index is 0.521. The Hall–Kier alpha value is 0.410. The molecule has 0 amide bonds. The molecule has 0 bridgehead atoms. The number of alkyl halides is 2. The first-order valence-corrected chi connectivity index (χ1v) is 5.03. The molecular formula is C8H14BrF. The Morgan fingerprint density at radius 1 is 1.50 bits per heavy atom. The Labute approximate surface area is 70.3 Å². The van der Waals surface area contributed by atoms with Crippen molar-refractivity contribution in [1.29, 1.82) is 0 Å². The summed E-state index contributed by atoms with van der Waals surface area (Å²) in [6.45, 7) is 2.20. The fourth-order valence-corrected chi connectivity index (χ4v) is 1.97. The van der Waals surface area contributed by atoms with E-state index in [0.717, 1.165) is 31.6 Å². The van der Waals surface area contributed by atoms with Crippen molar-refractivity contribution in [2.75, 3.05) is 5.33 Å². The highest BCUT2D eigenvalue weighted by molar-refractivity contribution is 9.09. The van der Waals surface area contributed by atoms with Crippen LogP contribution in [0.15, 0.2) is 0 Å². The first-order chi connectivity index (χ1) is 4.66. The molecule has 1 aliphatic rings. The zero-order valence-corrected chi connectivity index (χ0v) is 7.95. The minimum atomic E-state index is -0.882. The third-order valence-corrected chi connectivity index (χ3v) is 3.41. The second-order valence-corrected chi connectivity index (χ2v) is 4.03. The summed E-state index contributed by atoms with van der Waals surface area (Å²) >= 11 is 3.21. The molecule has 0 saturated heterocycles. The standard InChI is InChI=1S/C8H14BrF/c1-7-2-4-8(10,6-9)5-3-7/h7H,2-6H2,1H3. The molecule has 0 aliphatic heterocycles. The van der Waals surface area contributed by atoms with E-state index in [2.05, 4.69) is 22.9 Å². The first-order valence-electron chi connectivity index (χ1n) is 3.91. The summed E-state index contributed by atoms with van der Waals surface area (Å²) in [5, 5.41) is 0.521. The van der Waals surface area contributed by atoms with Gasteiger partial charge in [0.1, 0.15) is 5.67 Å². The highest BCUT2D eigenvalue weighted by Gasteiger charge is 2.32. The Kier molecular flexibility index (Phi) is 2.73. The van der Waals surface area contributed by atoms with Crippen LogP contribution in [0.3, 0.4) is 0 Å². The molecule has 60 valence electrons. The van der Waals surface area contributed by atoms with Gasteiger partial charge in [-0.2, -0.15) is 0 Å². The molecule has 0 N–H and O–H groups in total. The fraction of sp³-hybridized carbons (Fsp3) is 1.00. The molecule has 0 unspecified atom stereocenters. The summed E-state index contributed by atoms with van der Waals surface area (Å²) in [5.41, 5.74) is -0.882. The van der Waals surface area contributed by atoms with Gasteiger partial charge in [-0.15, -0.1) is 0 Å².